The van der Waals surface area contributed by atoms with Gasteiger partial charge in [-0.25, -0.2) is 0 Å². The molecule has 1 aliphatic rings. The van der Waals surface area contributed by atoms with Gasteiger partial charge in [-0.15, -0.1) is 12.4 Å². The number of pyridine rings is 1. The van der Waals surface area contributed by atoms with E-state index in [0.29, 0.717) is 24.2 Å². The Morgan fingerprint density at radius 1 is 1.41 bits per heavy atom. The summed E-state index contributed by atoms with van der Waals surface area (Å²) in [5.41, 5.74) is 6.58. The molecule has 1 amide bonds. The number of nitrogens with zero attached hydrogens (tertiary/aromatic N) is 1. The van der Waals surface area contributed by atoms with Crippen LogP contribution in [0, 0.1) is 0 Å². The Morgan fingerprint density at radius 2 is 2.18 bits per heavy atom. The molecule has 0 spiro atoms. The Labute approximate surface area is 142 Å². The molecule has 0 saturated carbocycles. The molecule has 0 bridgehead atoms. The molecule has 2 aromatic rings. The van der Waals surface area contributed by atoms with Crippen molar-refractivity contribution in [2.75, 3.05) is 13.1 Å². The van der Waals surface area contributed by atoms with Crippen LogP contribution in [-0.2, 0) is 0 Å². The van der Waals surface area contributed by atoms with Crippen molar-refractivity contribution in [2.45, 2.75) is 18.9 Å². The third-order valence-corrected chi connectivity index (χ3v) is 4.44. The molecular weight excluding hydrogens is 370 g/mol. The van der Waals surface area contributed by atoms with Gasteiger partial charge in [0.15, 0.2) is 0 Å². The molecule has 1 unspecified atom stereocenters. The van der Waals surface area contributed by atoms with Gasteiger partial charge >= 0.3 is 0 Å². The van der Waals surface area contributed by atoms with Crippen LogP contribution in [-0.4, -0.2) is 34.9 Å². The van der Waals surface area contributed by atoms with E-state index < -0.39 is 0 Å². The molecule has 0 aliphatic carbocycles. The number of nitrogens with one attached hydrogen (secondary N) is 1. The number of nitrogens with two attached hydrogens (primary N) is 1. The minimum Gasteiger partial charge on any atom is -0.334 e. The third-order valence-electron chi connectivity index (χ3n) is 3.95. The maximum absolute atomic E-state index is 12.8. The third kappa shape index (κ3) is 3.04. The monoisotopic (exact) mass is 385 g/mol. The maximum Gasteiger partial charge on any atom is 0.255 e. The normalized spacial score (nSPS) is 17.5. The van der Waals surface area contributed by atoms with Crippen molar-refractivity contribution in [3.05, 3.63) is 44.7 Å². The van der Waals surface area contributed by atoms with Gasteiger partial charge in [0.25, 0.3) is 5.91 Å². The Balaban J connectivity index is 0.00000176. The fourth-order valence-electron chi connectivity index (χ4n) is 2.91. The average Bonchev–Trinajstić information content (AvgIpc) is 2.94. The number of benzene rings is 1. The molecule has 1 saturated heterocycles. The highest BCUT2D eigenvalue weighted by Gasteiger charge is 2.29. The standard InChI is InChI=1S/C15H16BrN3O2.ClH/c16-9-3-4-13-11(6-9)12(7-14(20)18-13)15(21)19-5-1-2-10(19)8-17;/h3-4,6-7,10H,1-2,5,8,17H2,(H,18,20);1H. The van der Waals surface area contributed by atoms with E-state index in [0.717, 1.165) is 22.7 Å². The first-order valence-electron chi connectivity index (χ1n) is 6.94. The molecule has 3 N–H and O–H groups in total. The molecule has 22 heavy (non-hydrogen) atoms. The Kier molecular flexibility index (Phi) is 5.26. The second kappa shape index (κ2) is 6.81. The van der Waals surface area contributed by atoms with E-state index in [2.05, 4.69) is 20.9 Å². The van der Waals surface area contributed by atoms with Crippen LogP contribution in [0.2, 0.25) is 0 Å². The summed E-state index contributed by atoms with van der Waals surface area (Å²) in [6, 6.07) is 6.93. The van der Waals surface area contributed by atoms with Crippen LogP contribution in [0.15, 0.2) is 33.5 Å². The first-order valence-corrected chi connectivity index (χ1v) is 7.73. The smallest absolute Gasteiger partial charge is 0.255 e. The number of aromatic amines is 1. The van der Waals surface area contributed by atoms with Gasteiger partial charge in [-0.3, -0.25) is 9.59 Å². The summed E-state index contributed by atoms with van der Waals surface area (Å²) < 4.78 is 0.868. The summed E-state index contributed by atoms with van der Waals surface area (Å²) in [6.45, 7) is 1.15. The minimum absolute atomic E-state index is 0. The van der Waals surface area contributed by atoms with E-state index in [1.807, 2.05) is 12.1 Å². The first-order chi connectivity index (χ1) is 10.1. The summed E-state index contributed by atoms with van der Waals surface area (Å²) in [6.07, 6.45) is 1.88. The highest BCUT2D eigenvalue weighted by molar-refractivity contribution is 9.10. The van der Waals surface area contributed by atoms with Crippen LogP contribution in [0.25, 0.3) is 10.9 Å². The van der Waals surface area contributed by atoms with Gasteiger partial charge in [0, 0.05) is 40.6 Å². The second-order valence-electron chi connectivity index (χ2n) is 5.27. The molecule has 1 atom stereocenters. The van der Waals surface area contributed by atoms with Gasteiger partial charge in [-0.1, -0.05) is 15.9 Å². The molecule has 0 radical (unpaired) electrons. The van der Waals surface area contributed by atoms with E-state index >= 15 is 0 Å². The lowest BCUT2D eigenvalue weighted by Crippen LogP contribution is -2.40. The molecule has 5 nitrogen and oxygen atoms in total. The van der Waals surface area contributed by atoms with Crippen molar-refractivity contribution in [2.24, 2.45) is 5.73 Å². The lowest BCUT2D eigenvalue weighted by atomic mass is 10.1. The summed E-state index contributed by atoms with van der Waals surface area (Å²) in [7, 11) is 0. The largest absolute Gasteiger partial charge is 0.334 e. The highest BCUT2D eigenvalue weighted by atomic mass is 79.9. The molecule has 2 heterocycles. The Bertz CT molecular complexity index is 762. The summed E-state index contributed by atoms with van der Waals surface area (Å²) >= 11 is 3.41. The van der Waals surface area contributed by atoms with Crippen LogP contribution in [0.5, 0.6) is 0 Å². The van der Waals surface area contributed by atoms with Gasteiger partial charge in [0.05, 0.1) is 5.56 Å². The zero-order chi connectivity index (χ0) is 15.0. The number of amides is 1. The number of hydrogen-bond acceptors (Lipinski definition) is 3. The van der Waals surface area contributed by atoms with Crippen LogP contribution in [0.4, 0.5) is 0 Å². The predicted octanol–water partition coefficient (Wildman–Crippen LogP) is 2.28. The zero-order valence-corrected chi connectivity index (χ0v) is 14.2. The highest BCUT2D eigenvalue weighted by Crippen LogP contribution is 2.24. The van der Waals surface area contributed by atoms with Crippen LogP contribution in [0.1, 0.15) is 23.2 Å². The number of H-pyrrole nitrogens is 1. The number of rotatable bonds is 2. The Morgan fingerprint density at radius 3 is 2.91 bits per heavy atom. The van der Waals surface area contributed by atoms with E-state index in [1.165, 1.54) is 6.07 Å². The fraction of sp³-hybridized carbons (Fsp3) is 0.333. The SMILES string of the molecule is Cl.NCC1CCCN1C(=O)c1cc(=O)[nH]c2ccc(Br)cc12. The lowest BCUT2D eigenvalue weighted by molar-refractivity contribution is 0.0743. The van der Waals surface area contributed by atoms with Crippen LogP contribution in [0.3, 0.4) is 0 Å². The zero-order valence-electron chi connectivity index (χ0n) is 11.8. The van der Waals surface area contributed by atoms with Crippen LogP contribution >= 0.6 is 28.3 Å². The van der Waals surface area contributed by atoms with Gasteiger partial charge in [-0.2, -0.15) is 0 Å². The van der Waals surface area contributed by atoms with Gasteiger partial charge < -0.3 is 15.6 Å². The number of aromatic nitrogens is 1. The van der Waals surface area contributed by atoms with Crippen molar-refractivity contribution in [1.29, 1.82) is 0 Å². The number of carbonyl (C=O) groups is 1. The molecule has 1 aromatic heterocycles. The summed E-state index contributed by atoms with van der Waals surface area (Å²) in [5, 5.41) is 0.747. The van der Waals surface area contributed by atoms with Gasteiger partial charge in [-0.05, 0) is 31.0 Å². The quantitative estimate of drug-likeness (QED) is 0.831. The van der Waals surface area contributed by atoms with Crippen LogP contribution < -0.4 is 11.3 Å². The van der Waals surface area contributed by atoms with E-state index in [4.69, 9.17) is 5.73 Å². The molecule has 118 valence electrons. The topological polar surface area (TPSA) is 79.2 Å². The van der Waals surface area contributed by atoms with E-state index in [9.17, 15) is 9.59 Å². The lowest BCUT2D eigenvalue weighted by Gasteiger charge is -2.24. The maximum atomic E-state index is 12.8. The first kappa shape index (κ1) is 17.0. The Hall–Kier alpha value is -1.37. The second-order valence-corrected chi connectivity index (χ2v) is 6.18. The molecule has 7 heteroatoms. The molecule has 1 aliphatic heterocycles. The minimum atomic E-state index is -0.267. The van der Waals surface area contributed by atoms with E-state index in [1.54, 1.807) is 11.0 Å². The predicted molar refractivity (Wildman–Crippen MR) is 92.6 cm³/mol. The van der Waals surface area contributed by atoms with Crippen molar-refractivity contribution in [1.82, 2.24) is 9.88 Å². The van der Waals surface area contributed by atoms with Gasteiger partial charge in [0.2, 0.25) is 5.56 Å². The number of likely N-dealkylation sites (tertiary alicyclic amines) is 1. The van der Waals surface area contributed by atoms with Gasteiger partial charge in [0.1, 0.15) is 0 Å². The van der Waals surface area contributed by atoms with Crippen molar-refractivity contribution >= 4 is 45.1 Å². The fourth-order valence-corrected chi connectivity index (χ4v) is 3.27. The summed E-state index contributed by atoms with van der Waals surface area (Å²) in [4.78, 5) is 29.1. The summed E-state index contributed by atoms with van der Waals surface area (Å²) in [5.74, 6) is -0.114. The molecule has 1 aromatic carbocycles. The van der Waals surface area contributed by atoms with Crippen molar-refractivity contribution in [3.8, 4) is 0 Å². The number of carbonyl (C=O) groups excluding carboxylic acids is 1. The average molecular weight is 387 g/mol. The van der Waals surface area contributed by atoms with E-state index in [-0.39, 0.29) is 29.9 Å². The number of fused-ring (bicyclic) bond motifs is 1. The number of halogens is 2. The molecule has 1 fully saturated rings. The molecular formula is C15H17BrClN3O2. The van der Waals surface area contributed by atoms with Crippen molar-refractivity contribution in [3.63, 3.8) is 0 Å². The van der Waals surface area contributed by atoms with Crippen molar-refractivity contribution < 1.29 is 4.79 Å². The molecule has 3 rings (SSSR count). The number of hydrogen-bond donors (Lipinski definition) is 2.